The van der Waals surface area contributed by atoms with Gasteiger partial charge in [-0.3, -0.25) is 0 Å². The molecule has 0 amide bonds. The summed E-state index contributed by atoms with van der Waals surface area (Å²) >= 11 is 0. The van der Waals surface area contributed by atoms with Gasteiger partial charge in [0.2, 0.25) is 0 Å². The maximum atomic E-state index is 9.90. The van der Waals surface area contributed by atoms with Crippen LogP contribution < -0.4 is 5.73 Å². The molecule has 0 heterocycles. The highest BCUT2D eigenvalue weighted by Crippen LogP contribution is 2.32. The van der Waals surface area contributed by atoms with Gasteiger partial charge in [0.25, 0.3) is 0 Å². The number of allylic oxidation sites excluding steroid dienone is 1. The molecule has 0 bridgehead atoms. The summed E-state index contributed by atoms with van der Waals surface area (Å²) in [7, 11) is 0. The van der Waals surface area contributed by atoms with E-state index >= 15 is 0 Å². The molecule has 0 aliphatic rings. The van der Waals surface area contributed by atoms with Crippen LogP contribution in [0.2, 0.25) is 0 Å². The number of phenols is 1. The predicted octanol–water partition coefficient (Wildman–Crippen LogP) is 3.60. The third kappa shape index (κ3) is 2.79. The van der Waals surface area contributed by atoms with Gasteiger partial charge in [0.1, 0.15) is 5.75 Å². The van der Waals surface area contributed by atoms with Crippen LogP contribution in [0.5, 0.6) is 5.75 Å². The minimum Gasteiger partial charge on any atom is -0.506 e. The van der Waals surface area contributed by atoms with Gasteiger partial charge in [-0.15, -0.1) is 6.58 Å². The second kappa shape index (κ2) is 5.61. The van der Waals surface area contributed by atoms with Crippen LogP contribution in [0.4, 0.5) is 5.69 Å². The zero-order chi connectivity index (χ0) is 13.8. The Morgan fingerprint density at radius 2 is 1.89 bits per heavy atom. The number of nitrogens with two attached hydrogens (primary N) is 1. The summed E-state index contributed by atoms with van der Waals surface area (Å²) in [6.45, 7) is 5.79. The Bertz CT molecular complexity index is 588. The van der Waals surface area contributed by atoms with Gasteiger partial charge in [-0.05, 0) is 48.1 Å². The van der Waals surface area contributed by atoms with Crippen molar-refractivity contribution in [3.05, 3.63) is 71.3 Å². The van der Waals surface area contributed by atoms with E-state index in [0.717, 1.165) is 29.5 Å². The van der Waals surface area contributed by atoms with Crippen molar-refractivity contribution in [1.29, 1.82) is 0 Å². The molecular formula is C17H19NO. The molecule has 2 aromatic carbocycles. The van der Waals surface area contributed by atoms with E-state index in [1.807, 2.05) is 31.2 Å². The van der Waals surface area contributed by atoms with Crippen molar-refractivity contribution in [3.63, 3.8) is 0 Å². The summed E-state index contributed by atoms with van der Waals surface area (Å²) in [5, 5.41) is 9.90. The molecule has 0 radical (unpaired) electrons. The van der Waals surface area contributed by atoms with E-state index in [1.54, 1.807) is 6.07 Å². The highest BCUT2D eigenvalue weighted by molar-refractivity contribution is 5.64. The normalized spacial score (nSPS) is 10.4. The minimum absolute atomic E-state index is 0.163. The molecule has 0 atom stereocenters. The van der Waals surface area contributed by atoms with E-state index in [4.69, 9.17) is 5.73 Å². The van der Waals surface area contributed by atoms with Crippen molar-refractivity contribution in [1.82, 2.24) is 0 Å². The quantitative estimate of drug-likeness (QED) is 0.497. The lowest BCUT2D eigenvalue weighted by molar-refractivity contribution is 0.476. The predicted molar refractivity (Wildman–Crippen MR) is 80.4 cm³/mol. The highest BCUT2D eigenvalue weighted by atomic mass is 16.3. The molecule has 98 valence electrons. The number of benzene rings is 2. The van der Waals surface area contributed by atoms with Crippen molar-refractivity contribution in [2.75, 3.05) is 5.73 Å². The van der Waals surface area contributed by atoms with E-state index in [0.29, 0.717) is 5.69 Å². The standard InChI is InChI=1S/C17H19NO/c1-3-7-14-12(2)10-16(19)17(18)15(14)11-13-8-5-4-6-9-13/h3-6,8-10,19H,1,7,11,18H2,2H3. The largest absolute Gasteiger partial charge is 0.506 e. The van der Waals surface area contributed by atoms with Gasteiger partial charge in [0.05, 0.1) is 5.69 Å². The number of aromatic hydroxyl groups is 1. The molecule has 2 heteroatoms. The topological polar surface area (TPSA) is 46.2 Å². The number of hydrogen-bond acceptors (Lipinski definition) is 2. The molecule has 2 rings (SSSR count). The lowest BCUT2D eigenvalue weighted by Crippen LogP contribution is -2.03. The van der Waals surface area contributed by atoms with Crippen molar-refractivity contribution in [3.8, 4) is 5.75 Å². The SMILES string of the molecule is C=CCc1c(C)cc(O)c(N)c1Cc1ccccc1. The van der Waals surface area contributed by atoms with E-state index < -0.39 is 0 Å². The van der Waals surface area contributed by atoms with Crippen molar-refractivity contribution in [2.45, 2.75) is 19.8 Å². The van der Waals surface area contributed by atoms with Crippen LogP contribution in [-0.4, -0.2) is 5.11 Å². The van der Waals surface area contributed by atoms with Crippen LogP contribution in [0.1, 0.15) is 22.3 Å². The number of phenolic OH excluding ortho intramolecular Hbond substituents is 1. The maximum Gasteiger partial charge on any atom is 0.139 e. The lowest BCUT2D eigenvalue weighted by atomic mass is 9.92. The smallest absolute Gasteiger partial charge is 0.139 e. The first-order chi connectivity index (χ1) is 9.13. The Labute approximate surface area is 114 Å². The number of hydrogen-bond donors (Lipinski definition) is 2. The molecule has 19 heavy (non-hydrogen) atoms. The third-order valence-electron chi connectivity index (χ3n) is 3.37. The molecule has 0 aliphatic heterocycles. The monoisotopic (exact) mass is 253 g/mol. The zero-order valence-electron chi connectivity index (χ0n) is 11.2. The van der Waals surface area contributed by atoms with Gasteiger partial charge in [-0.2, -0.15) is 0 Å². The highest BCUT2D eigenvalue weighted by Gasteiger charge is 2.13. The van der Waals surface area contributed by atoms with E-state index in [-0.39, 0.29) is 5.75 Å². The Kier molecular flexibility index (Phi) is 3.91. The van der Waals surface area contributed by atoms with Crippen molar-refractivity contribution < 1.29 is 5.11 Å². The van der Waals surface area contributed by atoms with Crippen LogP contribution in [0.15, 0.2) is 49.1 Å². The van der Waals surface area contributed by atoms with Gasteiger partial charge in [-0.25, -0.2) is 0 Å². The van der Waals surface area contributed by atoms with E-state index in [1.165, 1.54) is 5.56 Å². The fourth-order valence-corrected chi connectivity index (χ4v) is 2.36. The fourth-order valence-electron chi connectivity index (χ4n) is 2.36. The van der Waals surface area contributed by atoms with Crippen LogP contribution in [0.3, 0.4) is 0 Å². The van der Waals surface area contributed by atoms with Crippen molar-refractivity contribution >= 4 is 5.69 Å². The number of nitrogen functional groups attached to an aromatic ring is 1. The van der Waals surface area contributed by atoms with Gasteiger partial charge in [0.15, 0.2) is 0 Å². The summed E-state index contributed by atoms with van der Waals surface area (Å²) in [5.74, 6) is 0.163. The second-order valence-corrected chi connectivity index (χ2v) is 4.74. The summed E-state index contributed by atoms with van der Waals surface area (Å²) in [6.07, 6.45) is 3.36. The molecule has 0 saturated heterocycles. The average molecular weight is 253 g/mol. The Morgan fingerprint density at radius 3 is 2.53 bits per heavy atom. The summed E-state index contributed by atoms with van der Waals surface area (Å²) < 4.78 is 0. The average Bonchev–Trinajstić information content (AvgIpc) is 2.41. The van der Waals surface area contributed by atoms with Crippen molar-refractivity contribution in [2.24, 2.45) is 0 Å². The maximum absolute atomic E-state index is 9.90. The summed E-state index contributed by atoms with van der Waals surface area (Å²) in [6, 6.07) is 11.9. The number of anilines is 1. The number of rotatable bonds is 4. The Balaban J connectivity index is 2.50. The van der Waals surface area contributed by atoms with Gasteiger partial charge in [-0.1, -0.05) is 36.4 Å². The molecule has 0 fully saturated rings. The molecule has 2 nitrogen and oxygen atoms in total. The zero-order valence-corrected chi connectivity index (χ0v) is 11.2. The van der Waals surface area contributed by atoms with Crippen LogP contribution in [-0.2, 0) is 12.8 Å². The molecular weight excluding hydrogens is 234 g/mol. The molecule has 0 aliphatic carbocycles. The molecule has 3 N–H and O–H groups in total. The number of aryl methyl sites for hydroxylation is 1. The minimum atomic E-state index is 0.163. The van der Waals surface area contributed by atoms with E-state index in [2.05, 4.69) is 18.7 Å². The van der Waals surface area contributed by atoms with Crippen LogP contribution in [0, 0.1) is 6.92 Å². The first-order valence-electron chi connectivity index (χ1n) is 6.38. The van der Waals surface area contributed by atoms with Gasteiger partial charge >= 0.3 is 0 Å². The molecule has 0 aromatic heterocycles. The Hall–Kier alpha value is -2.22. The third-order valence-corrected chi connectivity index (χ3v) is 3.37. The van der Waals surface area contributed by atoms with E-state index in [9.17, 15) is 5.11 Å². The first kappa shape index (κ1) is 13.2. The lowest BCUT2D eigenvalue weighted by Gasteiger charge is -2.16. The first-order valence-corrected chi connectivity index (χ1v) is 6.38. The summed E-state index contributed by atoms with van der Waals surface area (Å²) in [4.78, 5) is 0. The molecule has 0 spiro atoms. The van der Waals surface area contributed by atoms with Gasteiger partial charge in [0, 0.05) is 0 Å². The molecule has 0 saturated carbocycles. The molecule has 2 aromatic rings. The summed E-state index contributed by atoms with van der Waals surface area (Å²) in [5.41, 5.74) is 10.9. The molecule has 0 unspecified atom stereocenters. The van der Waals surface area contributed by atoms with Gasteiger partial charge < -0.3 is 10.8 Å². The van der Waals surface area contributed by atoms with Crippen LogP contribution >= 0.6 is 0 Å². The van der Waals surface area contributed by atoms with Crippen LogP contribution in [0.25, 0.3) is 0 Å². The second-order valence-electron chi connectivity index (χ2n) is 4.74. The Morgan fingerprint density at radius 1 is 1.21 bits per heavy atom. The fraction of sp³-hybridized carbons (Fsp3) is 0.176.